The van der Waals surface area contributed by atoms with Crippen LogP contribution >= 0.6 is 0 Å². The monoisotopic (exact) mass is 210 g/mol. The van der Waals surface area contributed by atoms with E-state index in [0.29, 0.717) is 11.6 Å². The third-order valence-electron chi connectivity index (χ3n) is 4.26. The summed E-state index contributed by atoms with van der Waals surface area (Å²) in [5.74, 6) is 0. The van der Waals surface area contributed by atoms with E-state index < -0.39 is 0 Å². The van der Waals surface area contributed by atoms with Crippen LogP contribution in [0.2, 0.25) is 0 Å². The molecule has 0 amide bonds. The van der Waals surface area contributed by atoms with Crippen molar-refractivity contribution in [1.29, 1.82) is 0 Å². The van der Waals surface area contributed by atoms with E-state index in [1.165, 1.54) is 58.2 Å². The summed E-state index contributed by atoms with van der Waals surface area (Å²) in [6.45, 7) is 8.44. The van der Waals surface area contributed by atoms with E-state index in [2.05, 4.69) is 24.1 Å². The maximum absolute atomic E-state index is 3.68. The molecular weight excluding hydrogens is 184 g/mol. The van der Waals surface area contributed by atoms with Gasteiger partial charge in [0.1, 0.15) is 0 Å². The van der Waals surface area contributed by atoms with Crippen molar-refractivity contribution in [1.82, 2.24) is 10.2 Å². The fourth-order valence-corrected chi connectivity index (χ4v) is 3.27. The second-order valence-corrected chi connectivity index (χ2v) is 5.51. The zero-order valence-corrected chi connectivity index (χ0v) is 10.4. The van der Waals surface area contributed by atoms with Crippen LogP contribution in [0, 0.1) is 0 Å². The Kier molecular flexibility index (Phi) is 3.68. The predicted octanol–water partition coefficient (Wildman–Crippen LogP) is 2.39. The quantitative estimate of drug-likeness (QED) is 0.769. The molecule has 2 rings (SSSR count). The molecule has 1 saturated heterocycles. The van der Waals surface area contributed by atoms with Crippen molar-refractivity contribution >= 4 is 0 Å². The lowest BCUT2D eigenvalue weighted by atomic mass is 9.91. The van der Waals surface area contributed by atoms with E-state index >= 15 is 0 Å². The van der Waals surface area contributed by atoms with E-state index in [9.17, 15) is 0 Å². The minimum atomic E-state index is 0.543. The van der Waals surface area contributed by atoms with Crippen LogP contribution in [0.5, 0.6) is 0 Å². The number of unbranched alkanes of at least 4 members (excludes halogenated alkanes) is 1. The van der Waals surface area contributed by atoms with Gasteiger partial charge in [-0.1, -0.05) is 26.2 Å². The number of piperazine rings is 1. The van der Waals surface area contributed by atoms with Crippen molar-refractivity contribution in [3.8, 4) is 0 Å². The van der Waals surface area contributed by atoms with Gasteiger partial charge in [0.05, 0.1) is 0 Å². The molecule has 0 aromatic rings. The molecule has 2 aliphatic rings. The molecule has 2 fully saturated rings. The molecule has 1 spiro atoms. The summed E-state index contributed by atoms with van der Waals surface area (Å²) >= 11 is 0. The molecule has 0 aromatic carbocycles. The highest BCUT2D eigenvalue weighted by atomic mass is 15.3. The molecule has 1 unspecified atom stereocenters. The van der Waals surface area contributed by atoms with E-state index in [1.807, 2.05) is 0 Å². The summed E-state index contributed by atoms with van der Waals surface area (Å²) < 4.78 is 0. The zero-order chi connectivity index (χ0) is 10.7. The number of nitrogens with zero attached hydrogens (tertiary/aromatic N) is 1. The fourth-order valence-electron chi connectivity index (χ4n) is 3.27. The number of hydrogen-bond acceptors (Lipinski definition) is 2. The molecule has 1 atom stereocenters. The first-order valence-corrected chi connectivity index (χ1v) is 6.75. The van der Waals surface area contributed by atoms with Gasteiger partial charge >= 0.3 is 0 Å². The van der Waals surface area contributed by atoms with Crippen molar-refractivity contribution in [2.24, 2.45) is 0 Å². The number of nitrogens with one attached hydrogen (secondary N) is 1. The molecule has 0 aromatic heterocycles. The summed E-state index contributed by atoms with van der Waals surface area (Å²) in [6, 6.07) is 0.688. The lowest BCUT2D eigenvalue weighted by molar-refractivity contribution is 0.0455. The van der Waals surface area contributed by atoms with E-state index in [1.54, 1.807) is 0 Å². The van der Waals surface area contributed by atoms with Crippen LogP contribution < -0.4 is 5.32 Å². The first kappa shape index (κ1) is 11.4. The van der Waals surface area contributed by atoms with E-state index in [0.717, 1.165) is 0 Å². The van der Waals surface area contributed by atoms with Gasteiger partial charge in [0.2, 0.25) is 0 Å². The average Bonchev–Trinajstić information content (AvgIpc) is 2.70. The van der Waals surface area contributed by atoms with Crippen LogP contribution in [0.1, 0.15) is 52.4 Å². The largest absolute Gasteiger partial charge is 0.311 e. The van der Waals surface area contributed by atoms with Crippen LogP contribution in [0.3, 0.4) is 0 Å². The van der Waals surface area contributed by atoms with Crippen molar-refractivity contribution in [3.63, 3.8) is 0 Å². The van der Waals surface area contributed by atoms with Crippen molar-refractivity contribution in [2.75, 3.05) is 19.6 Å². The van der Waals surface area contributed by atoms with Crippen LogP contribution in [0.25, 0.3) is 0 Å². The van der Waals surface area contributed by atoms with Gasteiger partial charge in [-0.15, -0.1) is 0 Å². The minimum absolute atomic E-state index is 0.543. The summed E-state index contributed by atoms with van der Waals surface area (Å²) in [5, 5.41) is 3.68. The van der Waals surface area contributed by atoms with Gasteiger partial charge < -0.3 is 5.32 Å². The molecule has 2 heteroatoms. The van der Waals surface area contributed by atoms with Gasteiger partial charge in [-0.25, -0.2) is 0 Å². The highest BCUT2D eigenvalue weighted by molar-refractivity contribution is 5.00. The van der Waals surface area contributed by atoms with E-state index in [-0.39, 0.29) is 0 Å². The lowest BCUT2D eigenvalue weighted by Gasteiger charge is -2.48. The fraction of sp³-hybridized carbons (Fsp3) is 1.00. The van der Waals surface area contributed by atoms with Crippen LogP contribution in [0.4, 0.5) is 0 Å². The molecule has 15 heavy (non-hydrogen) atoms. The third-order valence-corrected chi connectivity index (χ3v) is 4.26. The van der Waals surface area contributed by atoms with Crippen molar-refractivity contribution < 1.29 is 0 Å². The van der Waals surface area contributed by atoms with Gasteiger partial charge in [0.15, 0.2) is 0 Å². The van der Waals surface area contributed by atoms with Crippen LogP contribution in [0.15, 0.2) is 0 Å². The van der Waals surface area contributed by atoms with Gasteiger partial charge in [-0.05, 0) is 32.7 Å². The van der Waals surface area contributed by atoms with E-state index in [4.69, 9.17) is 0 Å². The molecule has 1 aliphatic heterocycles. The Hall–Kier alpha value is -0.0800. The molecule has 0 radical (unpaired) electrons. The zero-order valence-electron chi connectivity index (χ0n) is 10.4. The van der Waals surface area contributed by atoms with Gasteiger partial charge in [-0.3, -0.25) is 4.90 Å². The van der Waals surface area contributed by atoms with Crippen LogP contribution in [-0.2, 0) is 0 Å². The predicted molar refractivity (Wildman–Crippen MR) is 65.1 cm³/mol. The molecule has 1 aliphatic carbocycles. The van der Waals surface area contributed by atoms with Gasteiger partial charge in [0.25, 0.3) is 0 Å². The molecule has 1 heterocycles. The Morgan fingerprint density at radius 2 is 2.07 bits per heavy atom. The smallest absolute Gasteiger partial charge is 0.0334 e. The third kappa shape index (κ3) is 2.36. The highest BCUT2D eigenvalue weighted by Crippen LogP contribution is 2.36. The number of hydrogen-bond donors (Lipinski definition) is 1. The molecule has 1 saturated carbocycles. The first-order valence-electron chi connectivity index (χ1n) is 6.75. The standard InChI is InChI=1S/C13H26N2/c1-3-4-9-15-10-12(2)14-11-13(15)7-5-6-8-13/h12,14H,3-11H2,1-2H3. The topological polar surface area (TPSA) is 15.3 Å². The highest BCUT2D eigenvalue weighted by Gasteiger charge is 2.41. The average molecular weight is 210 g/mol. The Bertz CT molecular complexity index is 197. The Labute approximate surface area is 94.4 Å². The first-order chi connectivity index (χ1) is 7.27. The maximum atomic E-state index is 3.68. The van der Waals surface area contributed by atoms with Gasteiger partial charge in [0, 0.05) is 24.7 Å². The maximum Gasteiger partial charge on any atom is 0.0334 e. The molecule has 1 N–H and O–H groups in total. The normalized spacial score (nSPS) is 31.2. The van der Waals surface area contributed by atoms with Gasteiger partial charge in [-0.2, -0.15) is 0 Å². The Morgan fingerprint density at radius 1 is 1.33 bits per heavy atom. The number of rotatable bonds is 3. The van der Waals surface area contributed by atoms with Crippen LogP contribution in [-0.4, -0.2) is 36.1 Å². The Balaban J connectivity index is 1.99. The van der Waals surface area contributed by atoms with Crippen molar-refractivity contribution in [2.45, 2.75) is 64.0 Å². The summed E-state index contributed by atoms with van der Waals surface area (Å²) in [5.41, 5.74) is 0.543. The molecule has 88 valence electrons. The Morgan fingerprint density at radius 3 is 2.73 bits per heavy atom. The SMILES string of the molecule is CCCCN1CC(C)NCC12CCCC2. The lowest BCUT2D eigenvalue weighted by Crippen LogP contribution is -2.62. The van der Waals surface area contributed by atoms with Crippen molar-refractivity contribution in [3.05, 3.63) is 0 Å². The second-order valence-electron chi connectivity index (χ2n) is 5.51. The summed E-state index contributed by atoms with van der Waals surface area (Å²) in [4.78, 5) is 2.80. The summed E-state index contributed by atoms with van der Waals surface area (Å²) in [7, 11) is 0. The minimum Gasteiger partial charge on any atom is -0.311 e. The second kappa shape index (κ2) is 4.84. The summed E-state index contributed by atoms with van der Waals surface area (Å²) in [6.07, 6.45) is 8.44. The molecular formula is C13H26N2. The molecule has 0 bridgehead atoms. The molecule has 2 nitrogen and oxygen atoms in total.